The van der Waals surface area contributed by atoms with E-state index in [0.717, 1.165) is 24.3 Å². The van der Waals surface area contributed by atoms with Gasteiger partial charge in [0.1, 0.15) is 6.54 Å². The number of non-ortho nitro benzene ring substituents is 1. The van der Waals surface area contributed by atoms with Gasteiger partial charge in [-0.15, -0.1) is 0 Å². The highest BCUT2D eigenvalue weighted by atomic mass is 35.5. The topological polar surface area (TPSA) is 63.4 Å². The first-order valence-electron chi connectivity index (χ1n) is 6.56. The van der Waals surface area contributed by atoms with E-state index in [1.165, 1.54) is 24.3 Å². The van der Waals surface area contributed by atoms with Gasteiger partial charge in [-0.05, 0) is 30.3 Å². The third-order valence-electron chi connectivity index (χ3n) is 3.03. The Bertz CT molecular complexity index is 763. The zero-order valence-electron chi connectivity index (χ0n) is 12.0. The van der Waals surface area contributed by atoms with Gasteiger partial charge in [0.2, 0.25) is 0 Å². The predicted octanol–water partition coefficient (Wildman–Crippen LogP) is 4.46. The molecule has 0 aliphatic heterocycles. The predicted molar refractivity (Wildman–Crippen MR) is 82.3 cm³/mol. The maximum Gasteiger partial charge on any atom is 0.406 e. The Labute approximate surface area is 139 Å². The van der Waals surface area contributed by atoms with Crippen LogP contribution in [0.4, 0.5) is 24.5 Å². The number of amides is 1. The van der Waals surface area contributed by atoms with Crippen molar-refractivity contribution in [3.8, 4) is 0 Å². The molecule has 9 heteroatoms. The summed E-state index contributed by atoms with van der Waals surface area (Å²) in [6.07, 6.45) is -4.63. The van der Waals surface area contributed by atoms with Crippen molar-refractivity contribution in [2.45, 2.75) is 6.18 Å². The van der Waals surface area contributed by atoms with Gasteiger partial charge in [-0.3, -0.25) is 19.8 Å². The average molecular weight is 359 g/mol. The zero-order valence-corrected chi connectivity index (χ0v) is 12.7. The average Bonchev–Trinajstić information content (AvgIpc) is 2.51. The fourth-order valence-electron chi connectivity index (χ4n) is 1.99. The van der Waals surface area contributed by atoms with E-state index in [1.807, 2.05) is 0 Å². The van der Waals surface area contributed by atoms with Crippen molar-refractivity contribution < 1.29 is 22.9 Å². The second-order valence-electron chi connectivity index (χ2n) is 4.79. The van der Waals surface area contributed by atoms with Crippen molar-refractivity contribution in [1.29, 1.82) is 0 Å². The number of carbonyl (C=O) groups is 1. The van der Waals surface area contributed by atoms with Crippen LogP contribution in [0.25, 0.3) is 0 Å². The molecule has 0 atom stereocenters. The second-order valence-corrected chi connectivity index (χ2v) is 5.23. The monoisotopic (exact) mass is 358 g/mol. The second kappa shape index (κ2) is 6.88. The molecule has 0 fully saturated rings. The zero-order chi connectivity index (χ0) is 17.9. The number of alkyl halides is 3. The molecule has 0 aliphatic carbocycles. The van der Waals surface area contributed by atoms with Gasteiger partial charge in [0.25, 0.3) is 11.6 Å². The molecule has 0 unspecified atom stereocenters. The summed E-state index contributed by atoms with van der Waals surface area (Å²) in [5.74, 6) is -0.940. The molecule has 0 saturated carbocycles. The Morgan fingerprint density at radius 3 is 2.29 bits per heavy atom. The van der Waals surface area contributed by atoms with Crippen LogP contribution in [-0.4, -0.2) is 23.6 Å². The third kappa shape index (κ3) is 4.45. The molecule has 5 nitrogen and oxygen atoms in total. The maximum absolute atomic E-state index is 12.8. The maximum atomic E-state index is 12.8. The SMILES string of the molecule is O=C(c1ccc([N+](=O)[O-])cc1)N(CC(F)(F)F)c1cccc(Cl)c1. The quantitative estimate of drug-likeness (QED) is 0.599. The highest BCUT2D eigenvalue weighted by Gasteiger charge is 2.34. The molecule has 0 saturated heterocycles. The molecular formula is C15H10ClF3N2O3. The van der Waals surface area contributed by atoms with Crippen LogP contribution in [0.5, 0.6) is 0 Å². The van der Waals surface area contributed by atoms with Gasteiger partial charge in [-0.25, -0.2) is 0 Å². The Kier molecular flexibility index (Phi) is 5.08. The van der Waals surface area contributed by atoms with Crippen LogP contribution in [0.15, 0.2) is 48.5 Å². The Morgan fingerprint density at radius 1 is 1.17 bits per heavy atom. The number of nitro groups is 1. The van der Waals surface area contributed by atoms with Gasteiger partial charge in [-0.2, -0.15) is 13.2 Å². The summed E-state index contributed by atoms with van der Waals surface area (Å²) in [6, 6.07) is 9.76. The lowest BCUT2D eigenvalue weighted by Crippen LogP contribution is -2.39. The number of nitrogens with zero attached hydrogens (tertiary/aromatic N) is 2. The Balaban J connectivity index is 2.39. The van der Waals surface area contributed by atoms with E-state index in [2.05, 4.69) is 0 Å². The molecule has 2 rings (SSSR count). The minimum atomic E-state index is -4.63. The number of rotatable bonds is 4. The summed E-state index contributed by atoms with van der Waals surface area (Å²) < 4.78 is 38.5. The molecule has 1 amide bonds. The van der Waals surface area contributed by atoms with Crippen LogP contribution in [0.2, 0.25) is 5.02 Å². The van der Waals surface area contributed by atoms with Crippen molar-refractivity contribution >= 4 is 28.9 Å². The standard InChI is InChI=1S/C15H10ClF3N2O3/c16-11-2-1-3-13(8-11)20(9-15(17,18)19)14(22)10-4-6-12(7-5-10)21(23)24/h1-8H,9H2. The number of anilines is 1. The lowest BCUT2D eigenvalue weighted by molar-refractivity contribution is -0.384. The summed E-state index contributed by atoms with van der Waals surface area (Å²) in [5, 5.41) is 10.8. The molecule has 2 aromatic carbocycles. The number of hydrogen-bond donors (Lipinski definition) is 0. The van der Waals surface area contributed by atoms with Crippen LogP contribution in [-0.2, 0) is 0 Å². The van der Waals surface area contributed by atoms with Crippen molar-refractivity contribution in [2.24, 2.45) is 0 Å². The number of hydrogen-bond acceptors (Lipinski definition) is 3. The number of halogens is 4. The number of carbonyl (C=O) groups excluding carboxylic acids is 1. The molecule has 0 bridgehead atoms. The molecule has 2 aromatic rings. The fraction of sp³-hybridized carbons (Fsp3) is 0.133. The first-order valence-corrected chi connectivity index (χ1v) is 6.94. The van der Waals surface area contributed by atoms with Crippen molar-refractivity contribution in [1.82, 2.24) is 0 Å². The van der Waals surface area contributed by atoms with Crippen LogP contribution >= 0.6 is 11.6 Å². The lowest BCUT2D eigenvalue weighted by Gasteiger charge is -2.24. The van der Waals surface area contributed by atoms with Gasteiger partial charge in [0.15, 0.2) is 0 Å². The normalized spacial score (nSPS) is 11.2. The van der Waals surface area contributed by atoms with E-state index in [-0.39, 0.29) is 22.0 Å². The Hall–Kier alpha value is -2.61. The molecule has 0 radical (unpaired) electrons. The molecule has 24 heavy (non-hydrogen) atoms. The highest BCUT2D eigenvalue weighted by molar-refractivity contribution is 6.31. The van der Waals surface area contributed by atoms with Crippen LogP contribution in [0.1, 0.15) is 10.4 Å². The van der Waals surface area contributed by atoms with Gasteiger partial charge in [-0.1, -0.05) is 17.7 Å². The highest BCUT2D eigenvalue weighted by Crippen LogP contribution is 2.26. The van der Waals surface area contributed by atoms with E-state index in [1.54, 1.807) is 0 Å². The van der Waals surface area contributed by atoms with Crippen molar-refractivity contribution in [2.75, 3.05) is 11.4 Å². The third-order valence-corrected chi connectivity index (χ3v) is 3.26. The molecule has 0 aliphatic rings. The summed E-state index contributed by atoms with van der Waals surface area (Å²) in [7, 11) is 0. The van der Waals surface area contributed by atoms with Crippen molar-refractivity contribution in [3.05, 3.63) is 69.2 Å². The van der Waals surface area contributed by atoms with E-state index in [0.29, 0.717) is 4.90 Å². The molecule has 0 aromatic heterocycles. The van der Waals surface area contributed by atoms with Gasteiger partial charge in [0.05, 0.1) is 4.92 Å². The smallest absolute Gasteiger partial charge is 0.299 e. The summed E-state index contributed by atoms with van der Waals surface area (Å²) in [5.41, 5.74) is -0.398. The summed E-state index contributed by atoms with van der Waals surface area (Å²) >= 11 is 5.77. The van der Waals surface area contributed by atoms with E-state index >= 15 is 0 Å². The molecular weight excluding hydrogens is 349 g/mol. The number of benzene rings is 2. The molecule has 126 valence electrons. The van der Waals surface area contributed by atoms with Crippen LogP contribution in [0.3, 0.4) is 0 Å². The number of nitro benzene ring substituents is 1. The first-order chi connectivity index (χ1) is 11.2. The van der Waals surface area contributed by atoms with Crippen LogP contribution in [0, 0.1) is 10.1 Å². The summed E-state index contributed by atoms with van der Waals surface area (Å²) in [6.45, 7) is -1.51. The largest absolute Gasteiger partial charge is 0.406 e. The molecule has 0 heterocycles. The van der Waals surface area contributed by atoms with Gasteiger partial charge < -0.3 is 0 Å². The van der Waals surface area contributed by atoms with Crippen molar-refractivity contribution in [3.63, 3.8) is 0 Å². The van der Waals surface area contributed by atoms with E-state index < -0.39 is 23.6 Å². The first kappa shape index (κ1) is 17.7. The van der Waals surface area contributed by atoms with Gasteiger partial charge >= 0.3 is 6.18 Å². The van der Waals surface area contributed by atoms with Crippen LogP contribution < -0.4 is 4.90 Å². The fourth-order valence-corrected chi connectivity index (χ4v) is 2.17. The van der Waals surface area contributed by atoms with E-state index in [4.69, 9.17) is 11.6 Å². The minimum absolute atomic E-state index is 0.0248. The molecule has 0 spiro atoms. The molecule has 0 N–H and O–H groups in total. The van der Waals surface area contributed by atoms with E-state index in [9.17, 15) is 28.1 Å². The lowest BCUT2D eigenvalue weighted by atomic mass is 10.1. The summed E-state index contributed by atoms with van der Waals surface area (Å²) in [4.78, 5) is 22.9. The minimum Gasteiger partial charge on any atom is -0.299 e. The van der Waals surface area contributed by atoms with Gasteiger partial charge in [0, 0.05) is 28.4 Å². The Morgan fingerprint density at radius 2 is 1.79 bits per heavy atom.